The summed E-state index contributed by atoms with van der Waals surface area (Å²) >= 11 is 24.2. The van der Waals surface area contributed by atoms with Gasteiger partial charge in [0.05, 0.1) is 27.3 Å². The molecule has 0 aliphatic rings. The minimum atomic E-state index is 0.343. The van der Waals surface area contributed by atoms with E-state index in [4.69, 9.17) is 46.4 Å². The highest BCUT2D eigenvalue weighted by atomic mass is 35.5. The first-order chi connectivity index (χ1) is 9.08. The smallest absolute Gasteiger partial charge is 0.137 e. The van der Waals surface area contributed by atoms with Crippen LogP contribution in [0.4, 0.5) is 0 Å². The molecule has 0 aliphatic carbocycles. The first kappa shape index (κ1) is 15.0. The summed E-state index contributed by atoms with van der Waals surface area (Å²) in [5, 5.41) is 6.00. The molecule has 0 aliphatic heterocycles. The van der Waals surface area contributed by atoms with Gasteiger partial charge in [-0.2, -0.15) is 5.10 Å². The molecule has 0 saturated heterocycles. The van der Waals surface area contributed by atoms with Crippen LogP contribution in [0.5, 0.6) is 0 Å². The van der Waals surface area contributed by atoms with Gasteiger partial charge in [0.25, 0.3) is 0 Å². The fourth-order valence-corrected chi connectivity index (χ4v) is 2.78. The SMILES string of the molecule is CCCc1nn(-c2ccc(Cl)c(Cl)c2)c(Cl)c1CCl. The van der Waals surface area contributed by atoms with Gasteiger partial charge in [-0.3, -0.25) is 0 Å². The van der Waals surface area contributed by atoms with Crippen LogP contribution < -0.4 is 0 Å². The summed E-state index contributed by atoms with van der Waals surface area (Å²) in [4.78, 5) is 0. The lowest BCUT2D eigenvalue weighted by molar-refractivity contribution is 0.805. The molecule has 0 fully saturated rings. The summed E-state index contributed by atoms with van der Waals surface area (Å²) < 4.78 is 1.65. The van der Waals surface area contributed by atoms with Gasteiger partial charge < -0.3 is 0 Å². The zero-order valence-corrected chi connectivity index (χ0v) is 13.3. The molecular weight excluding hydrogens is 326 g/mol. The van der Waals surface area contributed by atoms with Crippen LogP contribution in [0.25, 0.3) is 5.69 Å². The monoisotopic (exact) mass is 336 g/mol. The second-order valence-corrected chi connectivity index (χ2v) is 5.55. The fourth-order valence-electron chi connectivity index (χ4n) is 1.83. The normalized spacial score (nSPS) is 11.0. The van der Waals surface area contributed by atoms with E-state index in [0.717, 1.165) is 29.8 Å². The summed E-state index contributed by atoms with van der Waals surface area (Å²) in [5.74, 6) is 0.343. The fraction of sp³-hybridized carbons (Fsp3) is 0.308. The van der Waals surface area contributed by atoms with E-state index in [9.17, 15) is 0 Å². The first-order valence-electron chi connectivity index (χ1n) is 5.86. The molecule has 6 heteroatoms. The Bertz CT molecular complexity index is 593. The molecule has 0 bridgehead atoms. The van der Waals surface area contributed by atoms with Crippen LogP contribution in [0.3, 0.4) is 0 Å². The lowest BCUT2D eigenvalue weighted by Gasteiger charge is -2.04. The van der Waals surface area contributed by atoms with Crippen molar-refractivity contribution < 1.29 is 0 Å². The third-order valence-corrected chi connectivity index (χ3v) is 4.17. The molecule has 102 valence electrons. The molecule has 0 unspecified atom stereocenters. The van der Waals surface area contributed by atoms with Crippen LogP contribution in [0.2, 0.25) is 15.2 Å². The third kappa shape index (κ3) is 3.03. The lowest BCUT2D eigenvalue weighted by atomic mass is 10.2. The van der Waals surface area contributed by atoms with E-state index in [-0.39, 0.29) is 0 Å². The van der Waals surface area contributed by atoms with Gasteiger partial charge in [-0.1, -0.05) is 48.1 Å². The number of aryl methyl sites for hydroxylation is 1. The Kier molecular flexibility index (Phi) is 5.02. The summed E-state index contributed by atoms with van der Waals surface area (Å²) in [5.41, 5.74) is 2.57. The Morgan fingerprint density at radius 2 is 1.89 bits per heavy atom. The molecule has 1 aromatic heterocycles. The van der Waals surface area contributed by atoms with Gasteiger partial charge in [-0.15, -0.1) is 11.6 Å². The average molecular weight is 338 g/mol. The number of benzene rings is 1. The predicted molar refractivity (Wildman–Crippen MR) is 82.1 cm³/mol. The van der Waals surface area contributed by atoms with Gasteiger partial charge in [0, 0.05) is 5.56 Å². The summed E-state index contributed by atoms with van der Waals surface area (Å²) in [6.45, 7) is 2.09. The summed E-state index contributed by atoms with van der Waals surface area (Å²) in [6.07, 6.45) is 1.83. The van der Waals surface area contributed by atoms with E-state index < -0.39 is 0 Å². The van der Waals surface area contributed by atoms with Crippen LogP contribution in [0, 0.1) is 0 Å². The molecule has 0 N–H and O–H groups in total. The standard InChI is InChI=1S/C13H12Cl4N2/c1-2-3-12-9(7-14)13(17)19(18-12)8-4-5-10(15)11(16)6-8/h4-6H,2-3,7H2,1H3. The van der Waals surface area contributed by atoms with Crippen molar-refractivity contribution in [2.45, 2.75) is 25.6 Å². The van der Waals surface area contributed by atoms with E-state index >= 15 is 0 Å². The van der Waals surface area contributed by atoms with E-state index in [1.807, 2.05) is 6.07 Å². The number of halogens is 4. The Labute approximate surface area is 132 Å². The van der Waals surface area contributed by atoms with Gasteiger partial charge in [-0.05, 0) is 24.6 Å². The Morgan fingerprint density at radius 1 is 1.16 bits per heavy atom. The summed E-state index contributed by atoms with van der Waals surface area (Å²) in [6, 6.07) is 5.27. The number of aromatic nitrogens is 2. The molecule has 0 saturated carbocycles. The molecule has 2 nitrogen and oxygen atoms in total. The molecule has 0 spiro atoms. The number of hydrogen-bond acceptors (Lipinski definition) is 1. The van der Waals surface area contributed by atoms with Crippen LogP contribution >= 0.6 is 46.4 Å². The van der Waals surface area contributed by atoms with Crippen molar-refractivity contribution in [3.8, 4) is 5.69 Å². The van der Waals surface area contributed by atoms with Crippen molar-refractivity contribution in [2.75, 3.05) is 0 Å². The van der Waals surface area contributed by atoms with E-state index in [0.29, 0.717) is 21.1 Å². The Balaban J connectivity index is 2.52. The Morgan fingerprint density at radius 3 is 2.47 bits per heavy atom. The van der Waals surface area contributed by atoms with Gasteiger partial charge >= 0.3 is 0 Å². The second-order valence-electron chi connectivity index (χ2n) is 4.11. The van der Waals surface area contributed by atoms with Crippen LogP contribution in [0.1, 0.15) is 24.6 Å². The van der Waals surface area contributed by atoms with Gasteiger partial charge in [0.1, 0.15) is 5.15 Å². The zero-order chi connectivity index (χ0) is 14.0. The summed E-state index contributed by atoms with van der Waals surface area (Å²) in [7, 11) is 0. The molecule has 19 heavy (non-hydrogen) atoms. The van der Waals surface area contributed by atoms with E-state index in [1.54, 1.807) is 16.8 Å². The van der Waals surface area contributed by atoms with Crippen molar-refractivity contribution in [2.24, 2.45) is 0 Å². The van der Waals surface area contributed by atoms with Crippen molar-refractivity contribution >= 4 is 46.4 Å². The van der Waals surface area contributed by atoms with Crippen molar-refractivity contribution in [1.82, 2.24) is 9.78 Å². The minimum absolute atomic E-state index is 0.343. The molecule has 0 amide bonds. The van der Waals surface area contributed by atoms with Crippen molar-refractivity contribution in [1.29, 1.82) is 0 Å². The number of nitrogens with zero attached hydrogens (tertiary/aromatic N) is 2. The molecule has 1 heterocycles. The maximum atomic E-state index is 6.33. The van der Waals surface area contributed by atoms with Crippen LogP contribution in [-0.2, 0) is 12.3 Å². The quantitative estimate of drug-likeness (QED) is 0.671. The van der Waals surface area contributed by atoms with Crippen LogP contribution in [0.15, 0.2) is 18.2 Å². The van der Waals surface area contributed by atoms with E-state index in [1.165, 1.54) is 0 Å². The second kappa shape index (κ2) is 6.36. The van der Waals surface area contributed by atoms with Gasteiger partial charge in [0.15, 0.2) is 0 Å². The maximum absolute atomic E-state index is 6.33. The zero-order valence-electron chi connectivity index (χ0n) is 10.3. The highest BCUT2D eigenvalue weighted by Gasteiger charge is 2.16. The third-order valence-electron chi connectivity index (χ3n) is 2.77. The maximum Gasteiger partial charge on any atom is 0.137 e. The molecule has 2 rings (SSSR count). The van der Waals surface area contributed by atoms with Gasteiger partial charge in [0.2, 0.25) is 0 Å². The Hall–Kier alpha value is -0.410. The molecule has 1 aromatic carbocycles. The van der Waals surface area contributed by atoms with Crippen molar-refractivity contribution in [3.63, 3.8) is 0 Å². The predicted octanol–water partition coefficient (Wildman–Crippen LogP) is 5.52. The number of alkyl halides is 1. The number of hydrogen-bond donors (Lipinski definition) is 0. The van der Waals surface area contributed by atoms with Crippen LogP contribution in [-0.4, -0.2) is 9.78 Å². The van der Waals surface area contributed by atoms with Crippen molar-refractivity contribution in [3.05, 3.63) is 44.7 Å². The number of rotatable bonds is 4. The lowest BCUT2D eigenvalue weighted by Crippen LogP contribution is -1.97. The van der Waals surface area contributed by atoms with Gasteiger partial charge in [-0.25, -0.2) is 4.68 Å². The largest absolute Gasteiger partial charge is 0.222 e. The highest BCUT2D eigenvalue weighted by Crippen LogP contribution is 2.29. The average Bonchev–Trinajstić information content (AvgIpc) is 2.70. The topological polar surface area (TPSA) is 17.8 Å². The molecule has 2 aromatic rings. The molecule has 0 atom stereocenters. The molecule has 0 radical (unpaired) electrons. The first-order valence-corrected chi connectivity index (χ1v) is 7.53. The minimum Gasteiger partial charge on any atom is -0.222 e. The highest BCUT2D eigenvalue weighted by molar-refractivity contribution is 6.42. The van der Waals surface area contributed by atoms with E-state index in [2.05, 4.69) is 12.0 Å². The molecular formula is C13H12Cl4N2.